The lowest BCUT2D eigenvalue weighted by molar-refractivity contribution is -0.394. The topological polar surface area (TPSA) is 113 Å². The van der Waals surface area contributed by atoms with Crippen LogP contribution in [0.1, 0.15) is 29.6 Å². The number of benzene rings is 1. The van der Waals surface area contributed by atoms with E-state index in [1.165, 1.54) is 0 Å². The number of allylic oxidation sites excluding steroid dienone is 2. The lowest BCUT2D eigenvalue weighted by atomic mass is 10.1. The molecule has 120 valence electrons. The Balaban J connectivity index is 2.23. The molecule has 8 heteroatoms. The van der Waals surface area contributed by atoms with Crippen molar-refractivity contribution in [1.82, 2.24) is 0 Å². The fourth-order valence-corrected chi connectivity index (χ4v) is 2.08. The number of nitrogens with zero attached hydrogens (tertiary/aromatic N) is 2. The number of esters is 1. The Hall–Kier alpha value is -3.03. The van der Waals surface area contributed by atoms with E-state index in [9.17, 15) is 25.0 Å². The largest absolute Gasteiger partial charge is 0.454 e. The summed E-state index contributed by atoms with van der Waals surface area (Å²) in [5, 5.41) is 21.7. The summed E-state index contributed by atoms with van der Waals surface area (Å²) >= 11 is 0. The van der Waals surface area contributed by atoms with E-state index in [4.69, 9.17) is 4.74 Å². The second-order valence-corrected chi connectivity index (χ2v) is 4.91. The van der Waals surface area contributed by atoms with E-state index >= 15 is 0 Å². The van der Waals surface area contributed by atoms with E-state index in [0.29, 0.717) is 6.42 Å². The second-order valence-electron chi connectivity index (χ2n) is 4.91. The van der Waals surface area contributed by atoms with Crippen molar-refractivity contribution in [1.29, 1.82) is 0 Å². The van der Waals surface area contributed by atoms with Crippen molar-refractivity contribution in [3.63, 3.8) is 0 Å². The molecular formula is C15H14N2O6. The molecular weight excluding hydrogens is 304 g/mol. The average molecular weight is 318 g/mol. The normalized spacial score (nSPS) is 17.1. The molecule has 1 aliphatic carbocycles. The molecule has 0 saturated carbocycles. The number of rotatable bonds is 4. The Morgan fingerprint density at radius 1 is 1.00 bits per heavy atom. The molecule has 0 saturated heterocycles. The van der Waals surface area contributed by atoms with Crippen molar-refractivity contribution in [2.45, 2.75) is 25.4 Å². The number of nitro benzene ring substituents is 2. The standard InChI is InChI=1S/C15H14N2O6/c18-15(23-14-6-4-2-1-3-5-7-14)11-8-12(16(19)20)10-13(9-11)17(21)22/h2,4-5,7-10,14H,1,3,6H2/t14-/m1/s1. The smallest absolute Gasteiger partial charge is 0.339 e. The van der Waals surface area contributed by atoms with Crippen LogP contribution >= 0.6 is 0 Å². The van der Waals surface area contributed by atoms with Gasteiger partial charge in [-0.3, -0.25) is 20.2 Å². The summed E-state index contributed by atoms with van der Waals surface area (Å²) < 4.78 is 5.26. The van der Waals surface area contributed by atoms with Crippen LogP contribution in [0.2, 0.25) is 0 Å². The van der Waals surface area contributed by atoms with Gasteiger partial charge in [0.1, 0.15) is 6.10 Å². The van der Waals surface area contributed by atoms with Crippen molar-refractivity contribution >= 4 is 17.3 Å². The van der Waals surface area contributed by atoms with Crippen LogP contribution in [-0.4, -0.2) is 21.9 Å². The Labute approximate surface area is 131 Å². The summed E-state index contributed by atoms with van der Waals surface area (Å²) in [7, 11) is 0. The summed E-state index contributed by atoms with van der Waals surface area (Å²) in [4.78, 5) is 32.2. The molecule has 1 aromatic rings. The summed E-state index contributed by atoms with van der Waals surface area (Å²) in [5.74, 6) is -0.833. The van der Waals surface area contributed by atoms with E-state index < -0.39 is 33.3 Å². The first-order valence-electron chi connectivity index (χ1n) is 6.94. The fourth-order valence-electron chi connectivity index (χ4n) is 2.08. The quantitative estimate of drug-likeness (QED) is 0.364. The maximum absolute atomic E-state index is 12.1. The first kappa shape index (κ1) is 16.3. The minimum absolute atomic E-state index is 0.217. The third-order valence-electron chi connectivity index (χ3n) is 3.20. The maximum atomic E-state index is 12.1. The number of non-ortho nitro benzene ring substituents is 2. The van der Waals surface area contributed by atoms with E-state index in [-0.39, 0.29) is 5.56 Å². The highest BCUT2D eigenvalue weighted by Gasteiger charge is 2.22. The molecule has 0 amide bonds. The molecule has 0 N–H and O–H groups in total. The molecule has 1 aliphatic rings. The van der Waals surface area contributed by atoms with Gasteiger partial charge in [0.2, 0.25) is 0 Å². The van der Waals surface area contributed by atoms with Crippen molar-refractivity contribution in [2.75, 3.05) is 0 Å². The molecule has 0 spiro atoms. The SMILES string of the molecule is O=C(O[C@H]1C=CCCC=CC1)c1cc([N+](=O)[O-])cc([N+](=O)[O-])c1. The van der Waals surface area contributed by atoms with Crippen LogP contribution in [0.5, 0.6) is 0 Å². The van der Waals surface area contributed by atoms with Gasteiger partial charge in [-0.15, -0.1) is 0 Å². The number of nitro groups is 2. The molecule has 0 fully saturated rings. The van der Waals surface area contributed by atoms with Gasteiger partial charge < -0.3 is 4.74 Å². The van der Waals surface area contributed by atoms with E-state index in [2.05, 4.69) is 0 Å². The predicted molar refractivity (Wildman–Crippen MR) is 81.1 cm³/mol. The van der Waals surface area contributed by atoms with Gasteiger partial charge in [0.05, 0.1) is 21.5 Å². The van der Waals surface area contributed by atoms with Gasteiger partial charge in [0.15, 0.2) is 0 Å². The maximum Gasteiger partial charge on any atom is 0.339 e. The number of carbonyl (C=O) groups is 1. The lowest BCUT2D eigenvalue weighted by Gasteiger charge is -2.13. The molecule has 23 heavy (non-hydrogen) atoms. The zero-order valence-corrected chi connectivity index (χ0v) is 12.1. The van der Waals surface area contributed by atoms with Crippen LogP contribution in [0, 0.1) is 20.2 Å². The third kappa shape index (κ3) is 4.47. The second kappa shape index (κ2) is 7.30. The van der Waals surface area contributed by atoms with E-state index in [1.807, 2.05) is 18.2 Å². The molecule has 0 aromatic heterocycles. The fraction of sp³-hybridized carbons (Fsp3) is 0.267. The molecule has 0 bridgehead atoms. The van der Waals surface area contributed by atoms with Gasteiger partial charge in [-0.1, -0.05) is 18.2 Å². The van der Waals surface area contributed by atoms with Crippen molar-refractivity contribution < 1.29 is 19.4 Å². The minimum atomic E-state index is -0.833. The van der Waals surface area contributed by atoms with Crippen molar-refractivity contribution in [2.24, 2.45) is 0 Å². The summed E-state index contributed by atoms with van der Waals surface area (Å²) in [6, 6.07) is 2.74. The monoisotopic (exact) mass is 318 g/mol. The first-order chi connectivity index (χ1) is 11.0. The van der Waals surface area contributed by atoms with Crippen molar-refractivity contribution in [3.05, 3.63) is 68.3 Å². The van der Waals surface area contributed by atoms with Gasteiger partial charge in [0, 0.05) is 18.6 Å². The van der Waals surface area contributed by atoms with Gasteiger partial charge in [-0.2, -0.15) is 0 Å². The van der Waals surface area contributed by atoms with Crippen LogP contribution in [0.4, 0.5) is 11.4 Å². The first-order valence-corrected chi connectivity index (χ1v) is 6.94. The van der Waals surface area contributed by atoms with Gasteiger partial charge in [-0.25, -0.2) is 4.79 Å². The summed E-state index contributed by atoms with van der Waals surface area (Å²) in [6.07, 6.45) is 9.21. The number of hydrogen-bond donors (Lipinski definition) is 0. The molecule has 8 nitrogen and oxygen atoms in total. The molecule has 1 aromatic carbocycles. The molecule has 2 rings (SSSR count). The van der Waals surface area contributed by atoms with Crippen LogP contribution in [-0.2, 0) is 4.74 Å². The predicted octanol–water partition coefficient (Wildman–Crippen LogP) is 3.32. The Morgan fingerprint density at radius 3 is 2.22 bits per heavy atom. The molecule has 0 aliphatic heterocycles. The van der Waals surface area contributed by atoms with Crippen LogP contribution in [0.15, 0.2) is 42.5 Å². The number of ether oxygens (including phenoxy) is 1. The highest BCUT2D eigenvalue weighted by Crippen LogP contribution is 2.24. The molecule has 0 heterocycles. The Kier molecular flexibility index (Phi) is 5.19. The van der Waals surface area contributed by atoms with E-state index in [0.717, 1.165) is 31.0 Å². The van der Waals surface area contributed by atoms with E-state index in [1.54, 1.807) is 6.08 Å². The minimum Gasteiger partial charge on any atom is -0.454 e. The Bertz CT molecular complexity index is 663. The van der Waals surface area contributed by atoms with Gasteiger partial charge >= 0.3 is 5.97 Å². The zero-order chi connectivity index (χ0) is 16.8. The highest BCUT2D eigenvalue weighted by molar-refractivity contribution is 5.91. The van der Waals surface area contributed by atoms with Crippen LogP contribution in [0.25, 0.3) is 0 Å². The van der Waals surface area contributed by atoms with Gasteiger partial charge in [0.25, 0.3) is 11.4 Å². The zero-order valence-electron chi connectivity index (χ0n) is 12.1. The number of carbonyl (C=O) groups excluding carboxylic acids is 1. The van der Waals surface area contributed by atoms with Crippen LogP contribution < -0.4 is 0 Å². The van der Waals surface area contributed by atoms with Gasteiger partial charge in [-0.05, 0) is 18.9 Å². The third-order valence-corrected chi connectivity index (χ3v) is 3.20. The molecule has 0 radical (unpaired) electrons. The highest BCUT2D eigenvalue weighted by atomic mass is 16.6. The lowest BCUT2D eigenvalue weighted by Crippen LogP contribution is -2.16. The van der Waals surface area contributed by atoms with Crippen LogP contribution in [0.3, 0.4) is 0 Å². The van der Waals surface area contributed by atoms with Crippen molar-refractivity contribution in [3.8, 4) is 0 Å². The summed E-state index contributed by atoms with van der Waals surface area (Å²) in [5.41, 5.74) is -1.27. The number of hydrogen-bond acceptors (Lipinski definition) is 6. The molecule has 1 atom stereocenters. The summed E-state index contributed by atoms with van der Waals surface area (Å²) in [6.45, 7) is 0. The molecule has 0 unspecified atom stereocenters. The average Bonchev–Trinajstić information content (AvgIpc) is 2.49. The Morgan fingerprint density at radius 2 is 1.61 bits per heavy atom.